The average molecular weight is 402 g/mol. The van der Waals surface area contributed by atoms with Crippen molar-refractivity contribution < 1.29 is 19.1 Å². The van der Waals surface area contributed by atoms with Crippen LogP contribution in [0.2, 0.25) is 0 Å². The molecule has 1 saturated heterocycles. The van der Waals surface area contributed by atoms with Crippen molar-refractivity contribution in [3.8, 4) is 0 Å². The quantitative estimate of drug-likeness (QED) is 0.428. The maximum atomic E-state index is 12.2. The molecule has 1 fully saturated rings. The number of hydrogen-bond donors (Lipinski definition) is 1. The summed E-state index contributed by atoms with van der Waals surface area (Å²) in [6, 6.07) is 8.49. The molecule has 0 radical (unpaired) electrons. The monoisotopic (exact) mass is 402 g/mol. The lowest BCUT2D eigenvalue weighted by molar-refractivity contribution is -0.113. The highest BCUT2D eigenvalue weighted by Gasteiger charge is 2.14. The van der Waals surface area contributed by atoms with E-state index in [0.29, 0.717) is 31.1 Å². The van der Waals surface area contributed by atoms with Gasteiger partial charge < -0.3 is 19.7 Å². The first-order chi connectivity index (χ1) is 13.7. The van der Waals surface area contributed by atoms with Gasteiger partial charge in [0, 0.05) is 24.8 Å². The zero-order valence-electron chi connectivity index (χ0n) is 15.6. The molecule has 1 N–H and O–H groups in total. The molecule has 0 spiro atoms. The molecule has 28 heavy (non-hydrogen) atoms. The molecule has 0 saturated carbocycles. The second kappa shape index (κ2) is 10.0. The SMILES string of the molecule is CCOC(=O)c1ccc(NC(=O)CSc2cc(N3CCOCC3)ncn2)cc1. The van der Waals surface area contributed by atoms with Crippen LogP contribution < -0.4 is 10.2 Å². The Balaban J connectivity index is 1.51. The smallest absolute Gasteiger partial charge is 0.338 e. The Bertz CT molecular complexity index is 810. The van der Waals surface area contributed by atoms with Crippen molar-refractivity contribution in [3.05, 3.63) is 42.2 Å². The molecule has 0 atom stereocenters. The largest absolute Gasteiger partial charge is 0.462 e. The lowest BCUT2D eigenvalue weighted by Crippen LogP contribution is -2.36. The number of nitrogens with zero attached hydrogens (tertiary/aromatic N) is 3. The van der Waals surface area contributed by atoms with Gasteiger partial charge in [0.1, 0.15) is 17.2 Å². The first-order valence-corrected chi connectivity index (χ1v) is 9.99. The second-order valence-electron chi connectivity index (χ2n) is 5.95. The van der Waals surface area contributed by atoms with E-state index in [9.17, 15) is 9.59 Å². The van der Waals surface area contributed by atoms with E-state index in [1.807, 2.05) is 6.07 Å². The van der Waals surface area contributed by atoms with Gasteiger partial charge in [-0.15, -0.1) is 0 Å². The van der Waals surface area contributed by atoms with Gasteiger partial charge in [-0.05, 0) is 31.2 Å². The number of aromatic nitrogens is 2. The van der Waals surface area contributed by atoms with Gasteiger partial charge in [0.25, 0.3) is 0 Å². The third-order valence-corrected chi connectivity index (χ3v) is 4.92. The van der Waals surface area contributed by atoms with Crippen LogP contribution in [0.1, 0.15) is 17.3 Å². The molecule has 0 aliphatic carbocycles. The fourth-order valence-electron chi connectivity index (χ4n) is 2.61. The van der Waals surface area contributed by atoms with Crippen LogP contribution in [-0.2, 0) is 14.3 Å². The van der Waals surface area contributed by atoms with Gasteiger partial charge in [-0.2, -0.15) is 0 Å². The molecule has 1 aromatic carbocycles. The number of anilines is 2. The van der Waals surface area contributed by atoms with E-state index >= 15 is 0 Å². The Morgan fingerprint density at radius 1 is 1.21 bits per heavy atom. The number of rotatable bonds is 7. The van der Waals surface area contributed by atoms with Crippen molar-refractivity contribution in [2.24, 2.45) is 0 Å². The van der Waals surface area contributed by atoms with Crippen LogP contribution in [0.4, 0.5) is 11.5 Å². The fraction of sp³-hybridized carbons (Fsp3) is 0.368. The maximum Gasteiger partial charge on any atom is 0.338 e. The van der Waals surface area contributed by atoms with E-state index in [4.69, 9.17) is 9.47 Å². The number of amides is 1. The van der Waals surface area contributed by atoms with E-state index in [-0.39, 0.29) is 17.6 Å². The van der Waals surface area contributed by atoms with Crippen LogP contribution in [0.25, 0.3) is 0 Å². The zero-order chi connectivity index (χ0) is 19.8. The predicted molar refractivity (Wildman–Crippen MR) is 107 cm³/mol. The summed E-state index contributed by atoms with van der Waals surface area (Å²) >= 11 is 1.35. The fourth-order valence-corrected chi connectivity index (χ4v) is 3.28. The number of ether oxygens (including phenoxy) is 2. The third kappa shape index (κ3) is 5.67. The lowest BCUT2D eigenvalue weighted by Gasteiger charge is -2.27. The molecule has 0 bridgehead atoms. The van der Waals surface area contributed by atoms with Crippen LogP contribution in [0.15, 0.2) is 41.7 Å². The molecule has 1 aliphatic rings. The Hall–Kier alpha value is -2.65. The van der Waals surface area contributed by atoms with E-state index in [1.165, 1.54) is 18.1 Å². The Kier molecular flexibility index (Phi) is 7.21. The summed E-state index contributed by atoms with van der Waals surface area (Å²) < 4.78 is 10.3. The molecule has 0 unspecified atom stereocenters. The van der Waals surface area contributed by atoms with Gasteiger partial charge >= 0.3 is 5.97 Å². The molecule has 2 aromatic rings. The molecular weight excluding hydrogens is 380 g/mol. The third-order valence-electron chi connectivity index (χ3n) is 3.99. The van der Waals surface area contributed by atoms with Crippen LogP contribution in [-0.4, -0.2) is 60.5 Å². The summed E-state index contributed by atoms with van der Waals surface area (Å²) in [6.07, 6.45) is 1.51. The number of nitrogens with one attached hydrogen (secondary N) is 1. The first kappa shape index (κ1) is 20.1. The van der Waals surface area contributed by atoms with Crippen molar-refractivity contribution >= 4 is 35.1 Å². The van der Waals surface area contributed by atoms with Crippen molar-refractivity contribution in [3.63, 3.8) is 0 Å². The predicted octanol–water partition coefficient (Wildman–Crippen LogP) is 2.22. The Morgan fingerprint density at radius 3 is 2.68 bits per heavy atom. The molecule has 2 heterocycles. The number of benzene rings is 1. The van der Waals surface area contributed by atoms with Gasteiger partial charge in [-0.25, -0.2) is 14.8 Å². The van der Waals surface area contributed by atoms with Gasteiger partial charge in [-0.3, -0.25) is 4.79 Å². The molecule has 1 aromatic heterocycles. The zero-order valence-corrected chi connectivity index (χ0v) is 16.4. The average Bonchev–Trinajstić information content (AvgIpc) is 2.74. The van der Waals surface area contributed by atoms with Gasteiger partial charge in [0.05, 0.1) is 31.1 Å². The minimum Gasteiger partial charge on any atom is -0.462 e. The summed E-state index contributed by atoms with van der Waals surface area (Å²) in [4.78, 5) is 34.5. The van der Waals surface area contributed by atoms with Crippen molar-refractivity contribution in [2.75, 3.05) is 48.9 Å². The van der Waals surface area contributed by atoms with E-state index in [1.54, 1.807) is 31.2 Å². The number of hydrogen-bond acceptors (Lipinski definition) is 8. The molecular formula is C19H22N4O4S. The minimum atomic E-state index is -0.379. The number of morpholine rings is 1. The Labute approximate surface area is 167 Å². The summed E-state index contributed by atoms with van der Waals surface area (Å²) in [7, 11) is 0. The topological polar surface area (TPSA) is 93.7 Å². The van der Waals surface area contributed by atoms with Gasteiger partial charge in [0.15, 0.2) is 0 Å². The number of thioether (sulfide) groups is 1. The first-order valence-electron chi connectivity index (χ1n) is 9.00. The number of esters is 1. The number of carbonyl (C=O) groups excluding carboxylic acids is 2. The van der Waals surface area contributed by atoms with Crippen LogP contribution in [0.3, 0.4) is 0 Å². The second-order valence-corrected chi connectivity index (χ2v) is 6.94. The highest BCUT2D eigenvalue weighted by molar-refractivity contribution is 7.99. The van der Waals surface area contributed by atoms with Crippen LogP contribution in [0, 0.1) is 0 Å². The minimum absolute atomic E-state index is 0.152. The van der Waals surface area contributed by atoms with Crippen molar-refractivity contribution in [1.82, 2.24) is 9.97 Å². The Morgan fingerprint density at radius 2 is 1.96 bits per heavy atom. The maximum absolute atomic E-state index is 12.2. The van der Waals surface area contributed by atoms with E-state index in [2.05, 4.69) is 20.2 Å². The van der Waals surface area contributed by atoms with Crippen molar-refractivity contribution in [2.45, 2.75) is 11.9 Å². The normalized spacial score (nSPS) is 13.8. The standard InChI is InChI=1S/C19H22N4O4S/c1-2-27-19(25)14-3-5-15(6-4-14)22-17(24)12-28-18-11-16(20-13-21-18)23-7-9-26-10-8-23/h3-6,11,13H,2,7-10,12H2,1H3,(H,22,24). The molecule has 3 rings (SSSR count). The molecule has 1 amide bonds. The van der Waals surface area contributed by atoms with Crippen LogP contribution in [0.5, 0.6) is 0 Å². The van der Waals surface area contributed by atoms with E-state index < -0.39 is 0 Å². The highest BCUT2D eigenvalue weighted by Crippen LogP contribution is 2.21. The number of carbonyl (C=O) groups is 2. The molecule has 9 heteroatoms. The van der Waals surface area contributed by atoms with E-state index in [0.717, 1.165) is 23.9 Å². The lowest BCUT2D eigenvalue weighted by atomic mass is 10.2. The molecule has 1 aliphatic heterocycles. The summed E-state index contributed by atoms with van der Waals surface area (Å²) in [5.74, 6) is 0.533. The van der Waals surface area contributed by atoms with Crippen LogP contribution >= 0.6 is 11.8 Å². The van der Waals surface area contributed by atoms with Crippen molar-refractivity contribution in [1.29, 1.82) is 0 Å². The summed E-state index contributed by atoms with van der Waals surface area (Å²) in [6.45, 7) is 5.04. The summed E-state index contributed by atoms with van der Waals surface area (Å²) in [5.41, 5.74) is 1.07. The summed E-state index contributed by atoms with van der Waals surface area (Å²) in [5, 5.41) is 3.55. The molecule has 8 nitrogen and oxygen atoms in total. The molecule has 148 valence electrons. The van der Waals surface area contributed by atoms with Gasteiger partial charge in [0.2, 0.25) is 5.91 Å². The highest BCUT2D eigenvalue weighted by atomic mass is 32.2. The van der Waals surface area contributed by atoms with Gasteiger partial charge in [-0.1, -0.05) is 11.8 Å².